The Labute approximate surface area is 149 Å². The van der Waals surface area contributed by atoms with Crippen molar-refractivity contribution in [3.05, 3.63) is 59.5 Å². The summed E-state index contributed by atoms with van der Waals surface area (Å²) >= 11 is 0. The van der Waals surface area contributed by atoms with E-state index in [0.717, 1.165) is 37.6 Å². The van der Waals surface area contributed by atoms with Crippen LogP contribution in [-0.4, -0.2) is 42.6 Å². The smallest absolute Gasteiger partial charge is 0.128 e. The molecule has 0 aliphatic carbocycles. The molecule has 25 heavy (non-hydrogen) atoms. The Morgan fingerprint density at radius 1 is 1.32 bits per heavy atom. The van der Waals surface area contributed by atoms with E-state index in [1.807, 2.05) is 12.3 Å². The third-order valence-electron chi connectivity index (χ3n) is 4.92. The van der Waals surface area contributed by atoms with Gasteiger partial charge in [0.15, 0.2) is 0 Å². The van der Waals surface area contributed by atoms with Gasteiger partial charge in [0.2, 0.25) is 0 Å². The minimum atomic E-state index is -0.175. The highest BCUT2D eigenvalue weighted by atomic mass is 19.1. The first-order chi connectivity index (χ1) is 12.0. The lowest BCUT2D eigenvalue weighted by molar-refractivity contribution is 0.153. The van der Waals surface area contributed by atoms with Crippen molar-refractivity contribution in [3.8, 4) is 0 Å². The molecule has 0 amide bonds. The molecule has 0 saturated carbocycles. The highest BCUT2D eigenvalue weighted by Crippen LogP contribution is 2.25. The topological polar surface area (TPSA) is 31.4 Å². The number of halogens is 1. The van der Waals surface area contributed by atoms with E-state index in [1.165, 1.54) is 11.6 Å². The van der Waals surface area contributed by atoms with Crippen molar-refractivity contribution in [2.75, 3.05) is 31.6 Å². The molecule has 134 valence electrons. The zero-order valence-electron chi connectivity index (χ0n) is 15.2. The molecule has 3 rings (SSSR count). The van der Waals surface area contributed by atoms with Crippen molar-refractivity contribution >= 4 is 5.82 Å². The first-order valence-corrected chi connectivity index (χ1v) is 8.92. The van der Waals surface area contributed by atoms with Crippen LogP contribution in [0.2, 0.25) is 0 Å². The molecule has 0 bridgehead atoms. The average molecular weight is 342 g/mol. The molecular formula is C20H27FN4. The van der Waals surface area contributed by atoms with Crippen LogP contribution in [0.25, 0.3) is 0 Å². The first-order valence-electron chi connectivity index (χ1n) is 8.92. The zero-order valence-corrected chi connectivity index (χ0v) is 15.2. The highest BCUT2D eigenvalue weighted by Gasteiger charge is 2.24. The number of benzene rings is 1. The monoisotopic (exact) mass is 342 g/mol. The second-order valence-electron chi connectivity index (χ2n) is 6.97. The summed E-state index contributed by atoms with van der Waals surface area (Å²) in [7, 11) is 2.06. The Kier molecular flexibility index (Phi) is 5.66. The predicted molar refractivity (Wildman–Crippen MR) is 100 cm³/mol. The molecule has 1 aliphatic heterocycles. The van der Waals surface area contributed by atoms with Crippen molar-refractivity contribution in [1.82, 2.24) is 15.2 Å². The quantitative estimate of drug-likeness (QED) is 0.904. The molecule has 1 unspecified atom stereocenters. The number of rotatable bonds is 5. The largest absolute Gasteiger partial charge is 0.357 e. The second-order valence-corrected chi connectivity index (χ2v) is 6.97. The molecule has 1 fully saturated rings. The highest BCUT2D eigenvalue weighted by molar-refractivity contribution is 5.39. The van der Waals surface area contributed by atoms with Crippen molar-refractivity contribution < 1.29 is 4.39 Å². The number of anilines is 1. The molecule has 1 aromatic heterocycles. The summed E-state index contributed by atoms with van der Waals surface area (Å²) in [5.41, 5.74) is 2.21. The number of nitrogens with zero attached hydrogens (tertiary/aromatic N) is 3. The number of hydrogen-bond donors (Lipinski definition) is 1. The molecule has 2 heterocycles. The summed E-state index contributed by atoms with van der Waals surface area (Å²) in [6.45, 7) is 7.86. The van der Waals surface area contributed by atoms with Crippen molar-refractivity contribution in [2.45, 2.75) is 32.5 Å². The molecule has 0 radical (unpaired) electrons. The van der Waals surface area contributed by atoms with E-state index in [2.05, 4.69) is 53.1 Å². The van der Waals surface area contributed by atoms with Gasteiger partial charge in [-0.2, -0.15) is 0 Å². The average Bonchev–Trinajstić information content (AvgIpc) is 2.62. The minimum absolute atomic E-state index is 0.175. The van der Waals surface area contributed by atoms with Crippen molar-refractivity contribution in [3.63, 3.8) is 0 Å². The molecule has 2 aromatic rings. The predicted octanol–water partition coefficient (Wildman–Crippen LogP) is 3.21. The van der Waals surface area contributed by atoms with Crippen LogP contribution in [0.3, 0.4) is 0 Å². The van der Waals surface area contributed by atoms with Crippen LogP contribution in [0.4, 0.5) is 10.2 Å². The van der Waals surface area contributed by atoms with Crippen LogP contribution < -0.4 is 10.2 Å². The molecule has 1 aromatic carbocycles. The number of nitrogens with one attached hydrogen (secondary N) is 1. The molecule has 1 atom stereocenters. The Bertz CT molecular complexity index is 686. The molecule has 1 aliphatic rings. The first kappa shape index (κ1) is 17.8. The van der Waals surface area contributed by atoms with Crippen LogP contribution >= 0.6 is 0 Å². The summed E-state index contributed by atoms with van der Waals surface area (Å²) in [6.07, 6.45) is 1.96. The lowest BCUT2D eigenvalue weighted by atomic mass is 10.0. The SMILES string of the molecule is CC(C)N(C)c1ccc(CN2CCNCC2c2cccc(F)c2)cn1. The molecule has 5 heteroatoms. The van der Waals surface area contributed by atoms with E-state index in [4.69, 9.17) is 0 Å². The van der Waals surface area contributed by atoms with Gasteiger partial charge in [-0.3, -0.25) is 4.90 Å². The minimum Gasteiger partial charge on any atom is -0.357 e. The van der Waals surface area contributed by atoms with Gasteiger partial charge in [-0.05, 0) is 43.2 Å². The van der Waals surface area contributed by atoms with Gasteiger partial charge in [0.05, 0.1) is 0 Å². The Morgan fingerprint density at radius 3 is 2.84 bits per heavy atom. The molecule has 1 saturated heterocycles. The van der Waals surface area contributed by atoms with Crippen molar-refractivity contribution in [2.24, 2.45) is 0 Å². The third-order valence-corrected chi connectivity index (χ3v) is 4.92. The van der Waals surface area contributed by atoms with Gasteiger partial charge in [0.1, 0.15) is 11.6 Å². The molecule has 4 nitrogen and oxygen atoms in total. The number of pyridine rings is 1. The van der Waals surface area contributed by atoms with E-state index in [0.29, 0.717) is 6.04 Å². The summed E-state index contributed by atoms with van der Waals surface area (Å²) in [5.74, 6) is 0.812. The maximum atomic E-state index is 13.6. The van der Waals surface area contributed by atoms with Gasteiger partial charge in [0, 0.05) is 51.5 Å². The normalized spacial score (nSPS) is 18.5. The fourth-order valence-electron chi connectivity index (χ4n) is 3.20. The van der Waals surface area contributed by atoms with Crippen LogP contribution in [0.5, 0.6) is 0 Å². The number of piperazine rings is 1. The van der Waals surface area contributed by atoms with E-state index in [-0.39, 0.29) is 11.9 Å². The molecular weight excluding hydrogens is 315 g/mol. The van der Waals surface area contributed by atoms with E-state index in [9.17, 15) is 4.39 Å². The third kappa shape index (κ3) is 4.35. The Balaban J connectivity index is 1.73. The summed E-state index contributed by atoms with van der Waals surface area (Å²) in [4.78, 5) is 9.15. The van der Waals surface area contributed by atoms with Crippen LogP contribution in [-0.2, 0) is 6.54 Å². The van der Waals surface area contributed by atoms with Gasteiger partial charge in [-0.15, -0.1) is 0 Å². The van der Waals surface area contributed by atoms with Crippen LogP contribution in [0, 0.1) is 5.82 Å². The van der Waals surface area contributed by atoms with Gasteiger partial charge >= 0.3 is 0 Å². The standard InChI is InChI=1S/C20H27FN4/c1-15(2)24(3)20-8-7-16(12-23-20)14-25-10-9-22-13-19(25)17-5-4-6-18(21)11-17/h4-8,11-12,15,19,22H,9-10,13-14H2,1-3H3. The van der Waals surface area contributed by atoms with Gasteiger partial charge in [-0.1, -0.05) is 18.2 Å². The number of aromatic nitrogens is 1. The maximum Gasteiger partial charge on any atom is 0.128 e. The summed E-state index contributed by atoms with van der Waals surface area (Å²) in [5, 5.41) is 3.42. The maximum absolute atomic E-state index is 13.6. The Hall–Kier alpha value is -1.98. The lowest BCUT2D eigenvalue weighted by Gasteiger charge is -2.36. The lowest BCUT2D eigenvalue weighted by Crippen LogP contribution is -2.45. The van der Waals surface area contributed by atoms with Crippen molar-refractivity contribution in [1.29, 1.82) is 0 Å². The zero-order chi connectivity index (χ0) is 17.8. The van der Waals surface area contributed by atoms with E-state index in [1.54, 1.807) is 12.1 Å². The number of hydrogen-bond acceptors (Lipinski definition) is 4. The fraction of sp³-hybridized carbons (Fsp3) is 0.450. The molecule has 0 spiro atoms. The van der Waals surface area contributed by atoms with Gasteiger partial charge in [0.25, 0.3) is 0 Å². The second kappa shape index (κ2) is 7.93. The fourth-order valence-corrected chi connectivity index (χ4v) is 3.20. The molecule has 1 N–H and O–H groups in total. The van der Waals surface area contributed by atoms with Crippen LogP contribution in [0.15, 0.2) is 42.6 Å². The summed E-state index contributed by atoms with van der Waals surface area (Å²) in [6, 6.07) is 11.8. The van der Waals surface area contributed by atoms with Gasteiger partial charge in [-0.25, -0.2) is 9.37 Å². The Morgan fingerprint density at radius 2 is 2.16 bits per heavy atom. The van der Waals surface area contributed by atoms with Gasteiger partial charge < -0.3 is 10.2 Å². The van der Waals surface area contributed by atoms with E-state index < -0.39 is 0 Å². The van der Waals surface area contributed by atoms with Crippen LogP contribution in [0.1, 0.15) is 31.0 Å². The van der Waals surface area contributed by atoms with E-state index >= 15 is 0 Å². The summed E-state index contributed by atoms with van der Waals surface area (Å²) < 4.78 is 13.6.